The summed E-state index contributed by atoms with van der Waals surface area (Å²) >= 11 is 1.85. The van der Waals surface area contributed by atoms with Gasteiger partial charge in [0.05, 0.1) is 18.1 Å². The van der Waals surface area contributed by atoms with Gasteiger partial charge in [-0.25, -0.2) is 4.98 Å². The predicted molar refractivity (Wildman–Crippen MR) is 246 cm³/mol. The zero-order valence-corrected chi connectivity index (χ0v) is 36.9. The van der Waals surface area contributed by atoms with Crippen molar-refractivity contribution in [3.63, 3.8) is 0 Å². The Balaban J connectivity index is 0.00000421. The fourth-order valence-corrected chi connectivity index (χ4v) is 11.1. The van der Waals surface area contributed by atoms with E-state index in [0.29, 0.717) is 11.5 Å². The Morgan fingerprint density at radius 1 is 0.571 bits per heavy atom. The summed E-state index contributed by atoms with van der Waals surface area (Å²) in [5.41, 5.74) is 13.9. The number of aromatic nitrogens is 4. The van der Waals surface area contributed by atoms with E-state index in [1.807, 2.05) is 42.2 Å². The zero-order valence-electron chi connectivity index (χ0n) is 33.8. The molecular formula is C56H34N4OPtS-2. The van der Waals surface area contributed by atoms with Crippen molar-refractivity contribution >= 4 is 44.6 Å². The fraction of sp³-hybridized carbons (Fsp3) is 0.0357. The average Bonchev–Trinajstić information content (AvgIpc) is 3.85. The molecule has 63 heavy (non-hydrogen) atoms. The topological polar surface area (TPSA) is 35.9 Å². The first-order valence-corrected chi connectivity index (χ1v) is 21.6. The van der Waals surface area contributed by atoms with Gasteiger partial charge in [0.25, 0.3) is 0 Å². The Morgan fingerprint density at radius 3 is 1.95 bits per heavy atom. The van der Waals surface area contributed by atoms with Gasteiger partial charge in [-0.2, -0.15) is 12.1 Å². The molecule has 0 fully saturated rings. The molecule has 0 N–H and O–H groups in total. The van der Waals surface area contributed by atoms with Crippen LogP contribution < -0.4 is 9.30 Å². The van der Waals surface area contributed by atoms with Crippen molar-refractivity contribution in [2.75, 3.05) is 0 Å². The van der Waals surface area contributed by atoms with Crippen LogP contribution >= 0.6 is 11.8 Å². The number of nitrogens with zero attached hydrogens (tertiary/aromatic N) is 4. The number of hydrogen-bond donors (Lipinski definition) is 0. The van der Waals surface area contributed by atoms with Gasteiger partial charge in [-0.1, -0.05) is 138 Å². The van der Waals surface area contributed by atoms with E-state index < -0.39 is 5.41 Å². The SMILES string of the molecule is C[n+]1[c-]n2c3c(cccc31)C1(c3ccc(Oc4[c-]c5c(cc4)c4ccccc4n5-c4ccccn4)[c-]c3-2)c2cc(-c3ccccc3)ccc2Sc2ccc(-c3ccccc3)cc21.[Pt]. The third-order valence-electron chi connectivity index (χ3n) is 12.6. The maximum atomic E-state index is 6.82. The Kier molecular flexibility index (Phi) is 8.72. The van der Waals surface area contributed by atoms with Crippen molar-refractivity contribution in [1.29, 1.82) is 0 Å². The standard InChI is InChI=1S/C56H34N4OS.Pt/c1-58-35-59-51-34-41(61-40-24-26-43-42-17-8-9-19-48(42)60(50(43)33-40)54-21-10-11-30-57-54)25-27-44(51)56(45-18-12-20-49(58)55(45)59)46-31-38(36-13-4-2-5-14-36)22-28-52(46)62-53-29-23-39(32-47(53)56)37-15-6-3-7-16-37;/h2-32H,1H3;/q-2;. The molecule has 0 bridgehead atoms. The molecule has 5 nitrogen and oxygen atoms in total. The minimum atomic E-state index is -0.709. The van der Waals surface area contributed by atoms with Crippen LogP contribution in [-0.2, 0) is 33.5 Å². The number of ether oxygens (including phenoxy) is 1. The van der Waals surface area contributed by atoms with Gasteiger partial charge in [-0.15, -0.1) is 35.2 Å². The predicted octanol–water partition coefficient (Wildman–Crippen LogP) is 12.6. The number of aryl methyl sites for hydroxylation is 1. The quantitative estimate of drug-likeness (QED) is 0.127. The van der Waals surface area contributed by atoms with Crippen LogP contribution in [0.5, 0.6) is 11.5 Å². The van der Waals surface area contributed by atoms with Crippen molar-refractivity contribution in [1.82, 2.24) is 14.1 Å². The van der Waals surface area contributed by atoms with Gasteiger partial charge in [0.2, 0.25) is 6.33 Å². The first kappa shape index (κ1) is 37.8. The Hall–Kier alpha value is -6.98. The summed E-state index contributed by atoms with van der Waals surface area (Å²) in [6.45, 7) is 0. The minimum absolute atomic E-state index is 0. The van der Waals surface area contributed by atoms with E-state index in [-0.39, 0.29) is 21.1 Å². The van der Waals surface area contributed by atoms with E-state index in [4.69, 9.17) is 9.72 Å². The molecule has 0 unspecified atom stereocenters. The summed E-state index contributed by atoms with van der Waals surface area (Å²) in [4.78, 5) is 7.19. The first-order chi connectivity index (χ1) is 30.6. The number of benzene rings is 8. The summed E-state index contributed by atoms with van der Waals surface area (Å²) in [7, 11) is 2.07. The molecule has 8 aromatic carbocycles. The zero-order chi connectivity index (χ0) is 40.9. The van der Waals surface area contributed by atoms with Crippen molar-refractivity contribution in [2.24, 2.45) is 7.05 Å². The van der Waals surface area contributed by atoms with Gasteiger partial charge < -0.3 is 18.4 Å². The average molecular weight is 1010 g/mol. The van der Waals surface area contributed by atoms with Crippen LogP contribution in [0.15, 0.2) is 198 Å². The fourth-order valence-electron chi connectivity index (χ4n) is 9.97. The van der Waals surface area contributed by atoms with Gasteiger partial charge in [0.1, 0.15) is 5.82 Å². The Labute approximate surface area is 383 Å². The number of pyridine rings is 1. The van der Waals surface area contributed by atoms with E-state index >= 15 is 0 Å². The monoisotopic (exact) mass is 1010 g/mol. The van der Waals surface area contributed by atoms with Crippen LogP contribution in [-0.4, -0.2) is 14.1 Å². The first-order valence-electron chi connectivity index (χ1n) is 20.8. The molecule has 5 heterocycles. The van der Waals surface area contributed by atoms with E-state index in [1.54, 1.807) is 0 Å². The molecule has 1 spiro atoms. The van der Waals surface area contributed by atoms with E-state index in [9.17, 15) is 0 Å². The second kappa shape index (κ2) is 14.6. The van der Waals surface area contributed by atoms with Crippen molar-refractivity contribution in [2.45, 2.75) is 15.2 Å². The van der Waals surface area contributed by atoms with E-state index in [0.717, 1.165) is 49.9 Å². The van der Waals surface area contributed by atoms with E-state index in [2.05, 4.69) is 197 Å². The van der Waals surface area contributed by atoms with Crippen molar-refractivity contribution in [3.8, 4) is 45.3 Å². The third-order valence-corrected chi connectivity index (χ3v) is 13.8. The number of para-hydroxylation sites is 2. The van der Waals surface area contributed by atoms with Crippen LogP contribution in [0.4, 0.5) is 0 Å². The number of rotatable bonds is 5. The molecule has 0 aliphatic carbocycles. The second-order valence-corrected chi connectivity index (χ2v) is 17.1. The molecule has 0 saturated heterocycles. The van der Waals surface area contributed by atoms with Crippen LogP contribution in [0.2, 0.25) is 0 Å². The van der Waals surface area contributed by atoms with Crippen LogP contribution in [0.1, 0.15) is 22.3 Å². The normalized spacial score (nSPS) is 13.1. The summed E-state index contributed by atoms with van der Waals surface area (Å²) in [5, 5.41) is 2.22. The van der Waals surface area contributed by atoms with Crippen molar-refractivity contribution < 1.29 is 30.4 Å². The van der Waals surface area contributed by atoms with Crippen LogP contribution in [0.25, 0.3) is 66.6 Å². The van der Waals surface area contributed by atoms with Gasteiger partial charge in [0.15, 0.2) is 0 Å². The third kappa shape index (κ3) is 5.61. The van der Waals surface area contributed by atoms with Gasteiger partial charge >= 0.3 is 0 Å². The minimum Gasteiger partial charge on any atom is -0.510 e. The molecule has 0 atom stereocenters. The molecule has 0 amide bonds. The summed E-state index contributed by atoms with van der Waals surface area (Å²) in [6.07, 6.45) is 5.50. The molecule has 7 heteroatoms. The number of imidazole rings is 1. The van der Waals surface area contributed by atoms with Crippen LogP contribution in [0, 0.1) is 18.5 Å². The summed E-state index contributed by atoms with van der Waals surface area (Å²) < 4.78 is 13.3. The number of hydrogen-bond acceptors (Lipinski definition) is 3. The molecule has 0 saturated carbocycles. The molecular weight excluding hydrogens is 972 g/mol. The molecule has 2 aliphatic rings. The molecule has 2 aliphatic heterocycles. The summed E-state index contributed by atoms with van der Waals surface area (Å²) in [6, 6.07) is 72.4. The number of fused-ring (bicyclic) bond motifs is 11. The molecule has 302 valence electrons. The van der Waals surface area contributed by atoms with Crippen molar-refractivity contribution in [3.05, 3.63) is 229 Å². The molecule has 13 rings (SSSR count). The maximum absolute atomic E-state index is 6.82. The molecule has 3 aromatic heterocycles. The molecule has 11 aromatic rings. The van der Waals surface area contributed by atoms with Gasteiger partial charge in [-0.3, -0.25) is 0 Å². The Bertz CT molecular complexity index is 3510. The van der Waals surface area contributed by atoms with Gasteiger partial charge in [0, 0.05) is 59.5 Å². The second-order valence-electron chi connectivity index (χ2n) is 16.0. The van der Waals surface area contributed by atoms with Gasteiger partial charge in [-0.05, 0) is 86.8 Å². The maximum Gasteiger partial charge on any atom is 0.242 e. The van der Waals surface area contributed by atoms with E-state index in [1.165, 1.54) is 48.7 Å². The summed E-state index contributed by atoms with van der Waals surface area (Å²) in [5.74, 6) is 2.01. The molecule has 0 radical (unpaired) electrons. The Morgan fingerprint density at radius 2 is 1.24 bits per heavy atom. The smallest absolute Gasteiger partial charge is 0.242 e. The largest absolute Gasteiger partial charge is 0.510 e. The van der Waals surface area contributed by atoms with Crippen LogP contribution in [0.3, 0.4) is 0 Å².